The molecule has 0 aliphatic rings. The van der Waals surface area contributed by atoms with Gasteiger partial charge in [0.1, 0.15) is 5.82 Å². The third-order valence-electron chi connectivity index (χ3n) is 3.33. The Labute approximate surface area is 106 Å². The van der Waals surface area contributed by atoms with Gasteiger partial charge in [0.2, 0.25) is 0 Å². The Bertz CT molecular complexity index is 588. The minimum Gasteiger partial charge on any atom is -0.389 e. The van der Waals surface area contributed by atoms with Gasteiger partial charge >= 0.3 is 0 Å². The number of hydrogen-bond donors (Lipinski definition) is 1. The number of nitrogens with zero attached hydrogens (tertiary/aromatic N) is 2. The second-order valence-corrected chi connectivity index (χ2v) is 4.56. The second-order valence-electron chi connectivity index (χ2n) is 4.56. The number of halogens is 1. The van der Waals surface area contributed by atoms with E-state index in [1.165, 1.54) is 6.07 Å². The van der Waals surface area contributed by atoms with Crippen molar-refractivity contribution in [2.24, 2.45) is 0 Å². The highest BCUT2D eigenvalue weighted by Gasteiger charge is 2.18. The average molecular weight is 248 g/mol. The van der Waals surface area contributed by atoms with Gasteiger partial charge in [0.05, 0.1) is 17.5 Å². The molecule has 0 aliphatic carbocycles. The van der Waals surface area contributed by atoms with Gasteiger partial charge in [-0.2, -0.15) is 5.10 Å². The molecule has 1 N–H and O–H groups in total. The van der Waals surface area contributed by atoms with Gasteiger partial charge in [-0.25, -0.2) is 9.07 Å². The van der Waals surface area contributed by atoms with Crippen molar-refractivity contribution in [1.82, 2.24) is 9.78 Å². The second kappa shape index (κ2) is 4.53. The molecule has 1 atom stereocenters. The van der Waals surface area contributed by atoms with Crippen molar-refractivity contribution in [1.29, 1.82) is 0 Å². The Hall–Kier alpha value is -1.68. The molecule has 96 valence electrons. The lowest BCUT2D eigenvalue weighted by molar-refractivity contribution is 0.193. The van der Waals surface area contributed by atoms with E-state index in [0.717, 1.165) is 17.0 Å². The minimum absolute atomic E-state index is 0.281. The van der Waals surface area contributed by atoms with Crippen molar-refractivity contribution in [3.63, 3.8) is 0 Å². The van der Waals surface area contributed by atoms with Crippen LogP contribution in [0.5, 0.6) is 0 Å². The molecular formula is C14H17FN2O. The van der Waals surface area contributed by atoms with Crippen LogP contribution in [0.15, 0.2) is 18.2 Å². The third kappa shape index (κ3) is 1.93. The highest BCUT2D eigenvalue weighted by molar-refractivity contribution is 5.45. The molecule has 1 aromatic heterocycles. The van der Waals surface area contributed by atoms with Crippen LogP contribution in [0.25, 0.3) is 5.69 Å². The maximum absolute atomic E-state index is 13.8. The molecule has 3 nitrogen and oxygen atoms in total. The molecule has 18 heavy (non-hydrogen) atoms. The third-order valence-corrected chi connectivity index (χ3v) is 3.33. The van der Waals surface area contributed by atoms with Crippen LogP contribution in [0.1, 0.15) is 35.5 Å². The standard InChI is InChI=1S/C14H17FN2O/c1-8-9(2)16-17(10(8)3)13-7-5-6-12(15)14(13)11(4)18/h5-7,11,18H,1-4H3/t11-/m1/s1. The Kier molecular flexibility index (Phi) is 3.22. The molecule has 1 heterocycles. The fourth-order valence-corrected chi connectivity index (χ4v) is 2.08. The van der Waals surface area contributed by atoms with E-state index >= 15 is 0 Å². The number of aromatic nitrogens is 2. The zero-order valence-electron chi connectivity index (χ0n) is 11.0. The molecule has 0 fully saturated rings. The van der Waals surface area contributed by atoms with E-state index in [9.17, 15) is 9.50 Å². The van der Waals surface area contributed by atoms with Crippen molar-refractivity contribution >= 4 is 0 Å². The van der Waals surface area contributed by atoms with E-state index in [1.54, 1.807) is 23.7 Å². The Balaban J connectivity index is 2.71. The Morgan fingerprint density at radius 1 is 1.28 bits per heavy atom. The fourth-order valence-electron chi connectivity index (χ4n) is 2.08. The van der Waals surface area contributed by atoms with E-state index in [1.807, 2.05) is 20.8 Å². The largest absolute Gasteiger partial charge is 0.389 e. The smallest absolute Gasteiger partial charge is 0.131 e. The quantitative estimate of drug-likeness (QED) is 0.887. The zero-order valence-corrected chi connectivity index (χ0v) is 11.0. The number of aliphatic hydroxyl groups is 1. The summed E-state index contributed by atoms with van der Waals surface area (Å²) in [7, 11) is 0. The van der Waals surface area contributed by atoms with Crippen LogP contribution in [0.3, 0.4) is 0 Å². The van der Waals surface area contributed by atoms with Gasteiger partial charge in [0.25, 0.3) is 0 Å². The monoisotopic (exact) mass is 248 g/mol. The molecule has 0 saturated carbocycles. The summed E-state index contributed by atoms with van der Waals surface area (Å²) in [5, 5.41) is 14.1. The van der Waals surface area contributed by atoms with Crippen molar-refractivity contribution < 1.29 is 9.50 Å². The molecule has 0 radical (unpaired) electrons. The van der Waals surface area contributed by atoms with Gasteiger partial charge < -0.3 is 5.11 Å². The molecule has 4 heteroatoms. The topological polar surface area (TPSA) is 38.0 Å². The first-order valence-electron chi connectivity index (χ1n) is 5.93. The first kappa shape index (κ1) is 12.8. The highest BCUT2D eigenvalue weighted by Crippen LogP contribution is 2.26. The normalized spacial score (nSPS) is 12.8. The van der Waals surface area contributed by atoms with E-state index in [4.69, 9.17) is 0 Å². The van der Waals surface area contributed by atoms with Crippen LogP contribution in [0.4, 0.5) is 4.39 Å². The fraction of sp³-hybridized carbons (Fsp3) is 0.357. The number of aryl methyl sites for hydroxylation is 1. The molecular weight excluding hydrogens is 231 g/mol. The van der Waals surface area contributed by atoms with E-state index < -0.39 is 11.9 Å². The summed E-state index contributed by atoms with van der Waals surface area (Å²) in [6, 6.07) is 4.75. The van der Waals surface area contributed by atoms with Crippen molar-refractivity contribution in [3.05, 3.63) is 46.5 Å². The first-order valence-corrected chi connectivity index (χ1v) is 5.93. The average Bonchev–Trinajstić information content (AvgIpc) is 2.56. The summed E-state index contributed by atoms with van der Waals surface area (Å²) in [5.74, 6) is -0.410. The molecule has 1 aromatic carbocycles. The Morgan fingerprint density at radius 2 is 1.94 bits per heavy atom. The highest BCUT2D eigenvalue weighted by atomic mass is 19.1. The van der Waals surface area contributed by atoms with Crippen molar-refractivity contribution in [3.8, 4) is 5.69 Å². The van der Waals surface area contributed by atoms with Crippen LogP contribution in [-0.2, 0) is 0 Å². The van der Waals surface area contributed by atoms with E-state index in [2.05, 4.69) is 5.10 Å². The van der Waals surface area contributed by atoms with Crippen LogP contribution >= 0.6 is 0 Å². The van der Waals surface area contributed by atoms with Gasteiger partial charge in [0.15, 0.2) is 0 Å². The molecule has 0 amide bonds. The summed E-state index contributed by atoms with van der Waals surface area (Å²) in [6.45, 7) is 7.39. The van der Waals surface area contributed by atoms with Gasteiger partial charge in [-0.05, 0) is 45.4 Å². The molecule has 2 rings (SSSR count). The van der Waals surface area contributed by atoms with Crippen LogP contribution in [-0.4, -0.2) is 14.9 Å². The van der Waals surface area contributed by atoms with Crippen molar-refractivity contribution in [2.45, 2.75) is 33.8 Å². The summed E-state index contributed by atoms with van der Waals surface area (Å²) in [5.41, 5.74) is 3.82. The van der Waals surface area contributed by atoms with Crippen LogP contribution in [0, 0.1) is 26.6 Å². The van der Waals surface area contributed by atoms with Gasteiger partial charge in [0, 0.05) is 11.3 Å². The van der Waals surface area contributed by atoms with Crippen LogP contribution < -0.4 is 0 Å². The molecule has 0 aliphatic heterocycles. The van der Waals surface area contributed by atoms with Crippen LogP contribution in [0.2, 0.25) is 0 Å². The number of hydrogen-bond acceptors (Lipinski definition) is 2. The SMILES string of the molecule is Cc1nn(-c2cccc(F)c2[C@@H](C)O)c(C)c1C. The van der Waals surface area contributed by atoms with E-state index in [0.29, 0.717) is 5.69 Å². The summed E-state index contributed by atoms with van der Waals surface area (Å²) >= 11 is 0. The van der Waals surface area contributed by atoms with Gasteiger partial charge in [-0.1, -0.05) is 6.07 Å². The predicted molar refractivity (Wildman–Crippen MR) is 68.4 cm³/mol. The maximum Gasteiger partial charge on any atom is 0.131 e. The predicted octanol–water partition coefficient (Wildman–Crippen LogP) is 2.99. The van der Waals surface area contributed by atoms with E-state index in [-0.39, 0.29) is 5.56 Å². The Morgan fingerprint density at radius 3 is 2.44 bits per heavy atom. The van der Waals surface area contributed by atoms with Gasteiger partial charge in [-0.3, -0.25) is 0 Å². The van der Waals surface area contributed by atoms with Crippen molar-refractivity contribution in [2.75, 3.05) is 0 Å². The summed E-state index contributed by atoms with van der Waals surface area (Å²) in [4.78, 5) is 0. The summed E-state index contributed by atoms with van der Waals surface area (Å²) in [6.07, 6.45) is -0.870. The first-order chi connectivity index (χ1) is 8.43. The molecule has 0 bridgehead atoms. The van der Waals surface area contributed by atoms with Gasteiger partial charge in [-0.15, -0.1) is 0 Å². The number of rotatable bonds is 2. The number of benzene rings is 1. The lowest BCUT2D eigenvalue weighted by Gasteiger charge is -2.14. The molecule has 0 saturated heterocycles. The molecule has 0 spiro atoms. The maximum atomic E-state index is 13.8. The lowest BCUT2D eigenvalue weighted by atomic mass is 10.1. The molecule has 0 unspecified atom stereocenters. The lowest BCUT2D eigenvalue weighted by Crippen LogP contribution is -2.08. The minimum atomic E-state index is -0.870. The number of aliphatic hydroxyl groups excluding tert-OH is 1. The summed E-state index contributed by atoms with van der Waals surface area (Å²) < 4.78 is 15.5. The zero-order chi connectivity index (χ0) is 13.4. The molecule has 2 aromatic rings.